The van der Waals surface area contributed by atoms with E-state index in [1.54, 1.807) is 0 Å². The molecule has 0 amide bonds. The Hall–Kier alpha value is -6.40. The zero-order valence-electron chi connectivity index (χ0n) is 29.1. The first-order chi connectivity index (χ1) is 26.8. The maximum absolute atomic E-state index is 5.17. The SMILES string of the molecule is c1ccc(-c2ccc(-c3nc(-c4ccccc4)cc(-c4ccc(N5c6ccccc6C6(c7ccccc75)c5ccsc5-c5sccc56)cc4)n3)cc2)cc1. The fourth-order valence-electron chi connectivity index (χ4n) is 8.52. The summed E-state index contributed by atoms with van der Waals surface area (Å²) < 4.78 is 0. The van der Waals surface area contributed by atoms with Gasteiger partial charge in [0.15, 0.2) is 5.82 Å². The van der Waals surface area contributed by atoms with Crippen LogP contribution in [0.1, 0.15) is 22.3 Å². The van der Waals surface area contributed by atoms with Gasteiger partial charge in [-0.3, -0.25) is 0 Å². The highest BCUT2D eigenvalue weighted by Crippen LogP contribution is 2.65. The van der Waals surface area contributed by atoms with Gasteiger partial charge in [0.05, 0.1) is 28.2 Å². The molecule has 1 aliphatic carbocycles. The molecule has 54 heavy (non-hydrogen) atoms. The van der Waals surface area contributed by atoms with Gasteiger partial charge in [-0.25, -0.2) is 9.97 Å². The van der Waals surface area contributed by atoms with Crippen molar-refractivity contribution in [1.29, 1.82) is 0 Å². The standard InChI is InChI=1S/C49H31N3S2/c1-3-11-32(12-4-1)33-19-21-36(22-20-33)48-50-42(34-13-5-2-6-14-34)31-43(51-48)35-23-25-37(26-24-35)52-44-17-9-7-15-38(44)49(39-16-8-10-18-45(39)52)40-27-29-53-46(40)47-41(49)28-30-54-47/h1-31H. The summed E-state index contributed by atoms with van der Waals surface area (Å²) in [6.07, 6.45) is 0. The van der Waals surface area contributed by atoms with Gasteiger partial charge < -0.3 is 4.90 Å². The number of hydrogen-bond donors (Lipinski definition) is 0. The number of aromatic nitrogens is 2. The number of para-hydroxylation sites is 2. The average Bonchev–Trinajstić information content (AvgIpc) is 3.99. The Bertz CT molecular complexity index is 2730. The Balaban J connectivity index is 1.02. The average molecular weight is 726 g/mol. The topological polar surface area (TPSA) is 29.0 Å². The van der Waals surface area contributed by atoms with Gasteiger partial charge in [-0.2, -0.15) is 0 Å². The number of anilines is 3. The van der Waals surface area contributed by atoms with Crippen molar-refractivity contribution >= 4 is 39.7 Å². The molecule has 0 fully saturated rings. The van der Waals surface area contributed by atoms with Crippen LogP contribution in [0.25, 0.3) is 54.8 Å². The van der Waals surface area contributed by atoms with E-state index in [0.717, 1.165) is 33.8 Å². The van der Waals surface area contributed by atoms with Crippen LogP contribution in [-0.2, 0) is 5.41 Å². The van der Waals surface area contributed by atoms with E-state index in [-0.39, 0.29) is 5.41 Å². The summed E-state index contributed by atoms with van der Waals surface area (Å²) in [5.74, 6) is 0.705. The van der Waals surface area contributed by atoms with Crippen LogP contribution >= 0.6 is 22.7 Å². The van der Waals surface area contributed by atoms with Crippen LogP contribution in [0.3, 0.4) is 0 Å². The van der Waals surface area contributed by atoms with Crippen molar-refractivity contribution in [3.05, 3.63) is 209 Å². The van der Waals surface area contributed by atoms with E-state index in [4.69, 9.17) is 9.97 Å². The number of fused-ring (bicyclic) bond motifs is 9. The highest BCUT2D eigenvalue weighted by atomic mass is 32.1. The minimum Gasteiger partial charge on any atom is -0.310 e. The molecule has 0 saturated carbocycles. The van der Waals surface area contributed by atoms with Crippen molar-refractivity contribution < 1.29 is 0 Å². The predicted octanol–water partition coefficient (Wildman–Crippen LogP) is 13.4. The van der Waals surface area contributed by atoms with Crippen LogP contribution in [0.4, 0.5) is 17.1 Å². The maximum atomic E-state index is 5.17. The van der Waals surface area contributed by atoms with E-state index in [0.29, 0.717) is 5.82 Å². The molecule has 0 saturated heterocycles. The van der Waals surface area contributed by atoms with Gasteiger partial charge >= 0.3 is 0 Å². The Labute approximate surface area is 322 Å². The largest absolute Gasteiger partial charge is 0.310 e. The molecule has 0 N–H and O–H groups in total. The molecular weight excluding hydrogens is 695 g/mol. The Kier molecular flexibility index (Phi) is 7.12. The summed E-state index contributed by atoms with van der Waals surface area (Å²) in [4.78, 5) is 15.5. The van der Waals surface area contributed by atoms with Crippen LogP contribution < -0.4 is 4.90 Å². The second-order valence-electron chi connectivity index (χ2n) is 13.8. The minimum atomic E-state index is -0.348. The second-order valence-corrected chi connectivity index (χ2v) is 15.6. The first-order valence-electron chi connectivity index (χ1n) is 18.1. The molecule has 3 nitrogen and oxygen atoms in total. The molecule has 9 aromatic rings. The molecule has 5 heteroatoms. The van der Waals surface area contributed by atoms with Crippen molar-refractivity contribution in [1.82, 2.24) is 9.97 Å². The molecule has 0 atom stereocenters. The second kappa shape index (κ2) is 12.3. The fourth-order valence-corrected chi connectivity index (χ4v) is 10.6. The zero-order chi connectivity index (χ0) is 35.6. The monoisotopic (exact) mass is 725 g/mol. The molecule has 3 aromatic heterocycles. The van der Waals surface area contributed by atoms with E-state index in [1.807, 2.05) is 34.8 Å². The highest BCUT2D eigenvalue weighted by Gasteiger charge is 2.52. The molecule has 0 bridgehead atoms. The van der Waals surface area contributed by atoms with E-state index in [2.05, 4.69) is 179 Å². The molecule has 11 rings (SSSR count). The van der Waals surface area contributed by atoms with Gasteiger partial charge in [0.25, 0.3) is 0 Å². The molecule has 1 spiro atoms. The quantitative estimate of drug-likeness (QED) is 0.177. The lowest BCUT2D eigenvalue weighted by Gasteiger charge is -2.44. The fraction of sp³-hybridized carbons (Fsp3) is 0.0204. The summed E-state index contributed by atoms with van der Waals surface area (Å²) in [6, 6.07) is 63.0. The number of nitrogens with zero attached hydrogens (tertiary/aromatic N) is 3. The molecule has 1 aliphatic heterocycles. The maximum Gasteiger partial charge on any atom is 0.160 e. The van der Waals surface area contributed by atoms with Crippen LogP contribution in [0.2, 0.25) is 0 Å². The van der Waals surface area contributed by atoms with E-state index in [9.17, 15) is 0 Å². The van der Waals surface area contributed by atoms with E-state index < -0.39 is 0 Å². The molecule has 2 aliphatic rings. The summed E-state index contributed by atoms with van der Waals surface area (Å²) in [7, 11) is 0. The number of benzene rings is 6. The zero-order valence-corrected chi connectivity index (χ0v) is 30.7. The lowest BCUT2D eigenvalue weighted by atomic mass is 9.65. The molecular formula is C49H31N3S2. The van der Waals surface area contributed by atoms with Gasteiger partial charge in [0.2, 0.25) is 0 Å². The molecule has 0 unspecified atom stereocenters. The normalized spacial score (nSPS) is 13.3. The first-order valence-corrected chi connectivity index (χ1v) is 19.9. The van der Waals surface area contributed by atoms with Crippen LogP contribution in [0.5, 0.6) is 0 Å². The van der Waals surface area contributed by atoms with Crippen LogP contribution in [-0.4, -0.2) is 9.97 Å². The third-order valence-corrected chi connectivity index (χ3v) is 12.9. The van der Waals surface area contributed by atoms with Crippen molar-refractivity contribution in [2.24, 2.45) is 0 Å². The van der Waals surface area contributed by atoms with Gasteiger partial charge in [0, 0.05) is 32.1 Å². The summed E-state index contributed by atoms with van der Waals surface area (Å²) in [5, 5.41) is 4.51. The Morgan fingerprint density at radius 1 is 0.389 bits per heavy atom. The van der Waals surface area contributed by atoms with Crippen molar-refractivity contribution in [3.8, 4) is 54.8 Å². The number of thiophene rings is 2. The van der Waals surface area contributed by atoms with Gasteiger partial charge in [-0.15, -0.1) is 22.7 Å². The molecule has 254 valence electrons. The summed E-state index contributed by atoms with van der Waals surface area (Å²) in [5.41, 5.74) is 15.8. The van der Waals surface area contributed by atoms with Crippen LogP contribution in [0.15, 0.2) is 187 Å². The van der Waals surface area contributed by atoms with Crippen LogP contribution in [0, 0.1) is 0 Å². The Morgan fingerprint density at radius 2 is 0.833 bits per heavy atom. The lowest BCUT2D eigenvalue weighted by molar-refractivity contribution is 0.756. The minimum absolute atomic E-state index is 0.348. The van der Waals surface area contributed by atoms with E-state index >= 15 is 0 Å². The molecule has 6 aromatic carbocycles. The van der Waals surface area contributed by atoms with Gasteiger partial charge in [-0.1, -0.05) is 133 Å². The highest BCUT2D eigenvalue weighted by molar-refractivity contribution is 7.21. The van der Waals surface area contributed by atoms with Crippen molar-refractivity contribution in [3.63, 3.8) is 0 Å². The third kappa shape index (κ3) is 4.65. The van der Waals surface area contributed by atoms with E-state index in [1.165, 1.54) is 54.5 Å². The van der Waals surface area contributed by atoms with Crippen molar-refractivity contribution in [2.45, 2.75) is 5.41 Å². The Morgan fingerprint density at radius 3 is 1.41 bits per heavy atom. The third-order valence-electron chi connectivity index (χ3n) is 10.9. The van der Waals surface area contributed by atoms with Crippen molar-refractivity contribution in [2.75, 3.05) is 4.90 Å². The first kappa shape index (κ1) is 31.2. The smallest absolute Gasteiger partial charge is 0.160 e. The number of rotatable bonds is 5. The summed E-state index contributed by atoms with van der Waals surface area (Å²) >= 11 is 3.72. The number of hydrogen-bond acceptors (Lipinski definition) is 5. The molecule has 4 heterocycles. The lowest BCUT2D eigenvalue weighted by Crippen LogP contribution is -2.35. The predicted molar refractivity (Wildman–Crippen MR) is 225 cm³/mol. The molecule has 0 radical (unpaired) electrons. The van der Waals surface area contributed by atoms with Gasteiger partial charge in [-0.05, 0) is 86.6 Å². The summed E-state index contributed by atoms with van der Waals surface area (Å²) in [6.45, 7) is 0. The van der Waals surface area contributed by atoms with Gasteiger partial charge in [0.1, 0.15) is 0 Å².